The van der Waals surface area contributed by atoms with Crippen molar-refractivity contribution in [2.75, 3.05) is 4.90 Å². The Morgan fingerprint density at radius 2 is 1.76 bits per heavy atom. The Hall–Kier alpha value is -4.77. The topological polar surface area (TPSA) is 140 Å². The molecule has 4 N–H and O–H groups in total. The minimum absolute atomic E-state index is 0.107. The number of aliphatic hydroxyl groups excluding tert-OH is 1. The number of nitrogens with one attached hydrogen (secondary N) is 3. The van der Waals surface area contributed by atoms with Crippen molar-refractivity contribution in [2.24, 2.45) is 10.4 Å². The maximum atomic E-state index is 13.5. The van der Waals surface area contributed by atoms with Gasteiger partial charge in [-0.1, -0.05) is 57.2 Å². The van der Waals surface area contributed by atoms with Gasteiger partial charge in [0.05, 0.1) is 24.5 Å². The predicted octanol–water partition coefficient (Wildman–Crippen LogP) is 7.43. The van der Waals surface area contributed by atoms with E-state index in [1.54, 1.807) is 6.07 Å². The van der Waals surface area contributed by atoms with Crippen LogP contribution >= 0.6 is 0 Å². The largest absolute Gasteiger partial charge is 0.484 e. The smallest absolute Gasteiger partial charge is 0.320 e. The predicted molar refractivity (Wildman–Crippen MR) is 193 cm³/mol. The van der Waals surface area contributed by atoms with Crippen molar-refractivity contribution in [3.8, 4) is 5.75 Å². The van der Waals surface area contributed by atoms with Gasteiger partial charge in [-0.3, -0.25) is 9.72 Å². The molecule has 6 rings (SSSR count). The number of aliphatic hydroxyl groups is 1. The Kier molecular flexibility index (Phi) is 10.0. The molecule has 0 bridgehead atoms. The molecular formula is C38H48N8O3. The number of hydrogen-bond acceptors (Lipinski definition) is 8. The normalized spacial score (nSPS) is 21.3. The number of carbonyl (C=O) groups excluding carboxylic acids is 1. The molecule has 258 valence electrons. The van der Waals surface area contributed by atoms with Crippen LogP contribution in [-0.4, -0.2) is 49.4 Å². The van der Waals surface area contributed by atoms with E-state index in [0.717, 1.165) is 46.9 Å². The fraction of sp³-hybridized carbons (Fsp3) is 0.447. The maximum absolute atomic E-state index is 13.5. The molecule has 3 heterocycles. The SMILES string of the molecule is CC1CCCC(C)N1c1nnc2ccc(OC3CCC(NC(=O)NC(CC(=N)C(C)(C)C)=Nc4cccc(CO)c4)c4ccccc43)cn12. The van der Waals surface area contributed by atoms with Crippen LogP contribution in [0.5, 0.6) is 5.75 Å². The monoisotopic (exact) mass is 664 g/mol. The Morgan fingerprint density at radius 1 is 1.00 bits per heavy atom. The third kappa shape index (κ3) is 7.77. The van der Waals surface area contributed by atoms with E-state index in [-0.39, 0.29) is 36.6 Å². The number of anilines is 1. The summed E-state index contributed by atoms with van der Waals surface area (Å²) in [5.41, 5.74) is 4.22. The maximum Gasteiger partial charge on any atom is 0.320 e. The fourth-order valence-electron chi connectivity index (χ4n) is 6.86. The van der Waals surface area contributed by atoms with Gasteiger partial charge in [-0.05, 0) is 92.3 Å². The molecule has 11 heteroatoms. The summed E-state index contributed by atoms with van der Waals surface area (Å²) in [7, 11) is 0. The van der Waals surface area contributed by atoms with Crippen LogP contribution in [0, 0.1) is 10.8 Å². The quantitative estimate of drug-likeness (QED) is 0.114. The lowest BCUT2D eigenvalue weighted by Gasteiger charge is -2.39. The summed E-state index contributed by atoms with van der Waals surface area (Å²) in [5, 5.41) is 33.3. The number of hydrogen-bond donors (Lipinski definition) is 4. The zero-order valence-electron chi connectivity index (χ0n) is 29.1. The summed E-state index contributed by atoms with van der Waals surface area (Å²) in [4.78, 5) is 20.5. The lowest BCUT2D eigenvalue weighted by molar-refractivity contribution is 0.171. The number of rotatable bonds is 8. The second kappa shape index (κ2) is 14.4. The van der Waals surface area contributed by atoms with E-state index in [1.807, 2.05) is 79.9 Å². The second-order valence-electron chi connectivity index (χ2n) is 14.4. The third-order valence-corrected chi connectivity index (χ3v) is 9.67. The molecule has 2 aliphatic rings. The van der Waals surface area contributed by atoms with Crippen LogP contribution in [0.1, 0.15) is 102 Å². The summed E-state index contributed by atoms with van der Waals surface area (Å²) >= 11 is 0. The van der Waals surface area contributed by atoms with E-state index in [0.29, 0.717) is 42.2 Å². The summed E-state index contributed by atoms with van der Waals surface area (Å²) in [5.74, 6) is 1.96. The van der Waals surface area contributed by atoms with Gasteiger partial charge in [0.1, 0.15) is 17.7 Å². The van der Waals surface area contributed by atoms with Crippen LogP contribution < -0.4 is 20.3 Å². The number of pyridine rings is 1. The highest BCUT2D eigenvalue weighted by molar-refractivity contribution is 6.09. The molecule has 1 saturated heterocycles. The van der Waals surface area contributed by atoms with Crippen LogP contribution in [0.2, 0.25) is 0 Å². The summed E-state index contributed by atoms with van der Waals surface area (Å²) in [6, 6.07) is 19.4. The number of urea groups is 1. The first kappa shape index (κ1) is 34.1. The highest BCUT2D eigenvalue weighted by atomic mass is 16.5. The van der Waals surface area contributed by atoms with E-state index in [4.69, 9.17) is 10.1 Å². The standard InChI is InChI=1S/C38H48N8O3/c1-24-10-8-11-25(2)46(24)37-44-43-35-19-16-28(22-45(35)37)49-32-18-17-31(29-14-6-7-15-30(29)32)41-36(48)42-34(21-33(39)38(3,4)5)40-27-13-9-12-26(20-27)23-47/h6-7,9,12-16,19-20,22,24-25,31-32,39,47H,8,10-11,17-18,21,23H2,1-5H3,(H2,40,41,42,48). The molecule has 0 saturated carbocycles. The molecule has 1 aliphatic heterocycles. The van der Waals surface area contributed by atoms with Gasteiger partial charge in [-0.15, -0.1) is 10.2 Å². The number of ether oxygens (including phenoxy) is 1. The van der Waals surface area contributed by atoms with Gasteiger partial charge in [0.2, 0.25) is 5.95 Å². The number of carbonyl (C=O) groups is 1. The van der Waals surface area contributed by atoms with Gasteiger partial charge in [-0.2, -0.15) is 0 Å². The zero-order valence-corrected chi connectivity index (χ0v) is 29.1. The van der Waals surface area contributed by atoms with E-state index in [1.165, 1.54) is 6.42 Å². The molecule has 11 nitrogen and oxygen atoms in total. The molecule has 2 amide bonds. The highest BCUT2D eigenvalue weighted by Crippen LogP contribution is 2.39. The molecule has 4 aromatic rings. The van der Waals surface area contributed by atoms with Crippen LogP contribution in [-0.2, 0) is 6.61 Å². The summed E-state index contributed by atoms with van der Waals surface area (Å²) in [6.07, 6.45) is 6.87. The Labute approximate surface area is 288 Å². The average molecular weight is 665 g/mol. The molecule has 0 radical (unpaired) electrons. The van der Waals surface area contributed by atoms with Gasteiger partial charge in [0, 0.05) is 24.2 Å². The van der Waals surface area contributed by atoms with Gasteiger partial charge in [0.15, 0.2) is 5.65 Å². The van der Waals surface area contributed by atoms with Crippen LogP contribution in [0.15, 0.2) is 71.9 Å². The molecule has 1 fully saturated rings. The fourth-order valence-corrected chi connectivity index (χ4v) is 6.86. The van der Waals surface area contributed by atoms with E-state index in [2.05, 4.69) is 50.6 Å². The van der Waals surface area contributed by atoms with Gasteiger partial charge >= 0.3 is 6.03 Å². The Balaban J connectivity index is 1.19. The number of piperidine rings is 1. The third-order valence-electron chi connectivity index (χ3n) is 9.67. The molecule has 4 atom stereocenters. The minimum atomic E-state index is -0.385. The molecular weight excluding hydrogens is 616 g/mol. The molecule has 0 spiro atoms. The number of aromatic nitrogens is 3. The van der Waals surface area contributed by atoms with Crippen molar-refractivity contribution in [1.29, 1.82) is 5.41 Å². The number of amidine groups is 1. The zero-order chi connectivity index (χ0) is 34.7. The van der Waals surface area contributed by atoms with Crippen molar-refractivity contribution >= 4 is 34.9 Å². The molecule has 4 unspecified atom stereocenters. The van der Waals surface area contributed by atoms with Crippen LogP contribution in [0.25, 0.3) is 5.65 Å². The minimum Gasteiger partial charge on any atom is -0.484 e. The van der Waals surface area contributed by atoms with Crippen molar-refractivity contribution in [1.82, 2.24) is 25.2 Å². The molecule has 1 aliphatic carbocycles. The molecule has 2 aromatic heterocycles. The van der Waals surface area contributed by atoms with Gasteiger partial charge in [-0.25, -0.2) is 9.79 Å². The Bertz CT molecular complexity index is 1830. The molecule has 49 heavy (non-hydrogen) atoms. The lowest BCUT2D eigenvalue weighted by atomic mass is 9.85. The van der Waals surface area contributed by atoms with Crippen LogP contribution in [0.3, 0.4) is 0 Å². The first-order chi connectivity index (χ1) is 23.5. The first-order valence-corrected chi connectivity index (χ1v) is 17.3. The lowest BCUT2D eigenvalue weighted by Crippen LogP contribution is -2.44. The van der Waals surface area contributed by atoms with Crippen LogP contribution in [0.4, 0.5) is 16.4 Å². The molecule has 2 aromatic carbocycles. The average Bonchev–Trinajstić information content (AvgIpc) is 3.48. The number of aliphatic imine (C=N–C) groups is 1. The summed E-state index contributed by atoms with van der Waals surface area (Å²) < 4.78 is 8.69. The number of fused-ring (bicyclic) bond motifs is 2. The van der Waals surface area contributed by atoms with E-state index >= 15 is 0 Å². The van der Waals surface area contributed by atoms with Crippen molar-refractivity contribution in [2.45, 2.75) is 104 Å². The second-order valence-corrected chi connectivity index (χ2v) is 14.4. The van der Waals surface area contributed by atoms with Gasteiger partial charge < -0.3 is 25.5 Å². The van der Waals surface area contributed by atoms with Crippen molar-refractivity contribution in [3.05, 3.63) is 83.6 Å². The Morgan fingerprint density at radius 3 is 2.49 bits per heavy atom. The van der Waals surface area contributed by atoms with Crippen molar-refractivity contribution < 1.29 is 14.6 Å². The number of amides is 2. The number of benzene rings is 2. The summed E-state index contributed by atoms with van der Waals surface area (Å²) in [6.45, 7) is 10.3. The van der Waals surface area contributed by atoms with E-state index < -0.39 is 0 Å². The highest BCUT2D eigenvalue weighted by Gasteiger charge is 2.31. The first-order valence-electron chi connectivity index (χ1n) is 17.3. The number of nitrogens with zero attached hydrogens (tertiary/aromatic N) is 5. The van der Waals surface area contributed by atoms with Crippen molar-refractivity contribution in [3.63, 3.8) is 0 Å². The van der Waals surface area contributed by atoms with Gasteiger partial charge in [0.25, 0.3) is 0 Å². The van der Waals surface area contributed by atoms with E-state index in [9.17, 15) is 9.90 Å².